The minimum absolute atomic E-state index is 0.437. The second-order valence-electron chi connectivity index (χ2n) is 4.66. The van der Waals surface area contributed by atoms with Gasteiger partial charge in [0.15, 0.2) is 0 Å². The van der Waals surface area contributed by atoms with Crippen molar-refractivity contribution in [3.05, 3.63) is 47.3 Å². The Morgan fingerprint density at radius 3 is 2.74 bits per heavy atom. The van der Waals surface area contributed by atoms with Crippen molar-refractivity contribution in [1.29, 1.82) is 0 Å². The van der Waals surface area contributed by atoms with Crippen LogP contribution in [-0.4, -0.2) is 17.0 Å². The molecule has 0 aliphatic rings. The van der Waals surface area contributed by atoms with E-state index in [2.05, 4.69) is 59.4 Å². The molecule has 5 nitrogen and oxygen atoms in total. The maximum Gasteiger partial charge on any atom is 0.237 e. The monoisotopic (exact) mass is 257 g/mol. The van der Waals surface area contributed by atoms with Gasteiger partial charge in [0.2, 0.25) is 5.95 Å². The van der Waals surface area contributed by atoms with Crippen LogP contribution >= 0.6 is 0 Å². The smallest absolute Gasteiger partial charge is 0.237 e. The molecule has 0 fully saturated rings. The summed E-state index contributed by atoms with van der Waals surface area (Å²) < 4.78 is 0. The number of nitrogens with zero attached hydrogens (tertiary/aromatic N) is 3. The van der Waals surface area contributed by atoms with Gasteiger partial charge < -0.3 is 4.90 Å². The van der Waals surface area contributed by atoms with Crippen molar-refractivity contribution in [3.8, 4) is 0 Å². The van der Waals surface area contributed by atoms with Gasteiger partial charge >= 0.3 is 0 Å². The van der Waals surface area contributed by atoms with Crippen LogP contribution < -0.4 is 16.2 Å². The Morgan fingerprint density at radius 1 is 1.26 bits per heavy atom. The predicted molar refractivity (Wildman–Crippen MR) is 77.9 cm³/mol. The molecule has 5 heteroatoms. The van der Waals surface area contributed by atoms with Gasteiger partial charge in [0.05, 0.1) is 12.2 Å². The minimum atomic E-state index is 0.437. The molecule has 0 atom stereocenters. The van der Waals surface area contributed by atoms with Crippen LogP contribution in [0.1, 0.15) is 16.8 Å². The molecule has 0 saturated carbocycles. The Kier molecular flexibility index (Phi) is 3.97. The van der Waals surface area contributed by atoms with Crippen LogP contribution in [0.3, 0.4) is 0 Å². The molecule has 100 valence electrons. The number of aromatic nitrogens is 2. The van der Waals surface area contributed by atoms with Crippen LogP contribution in [0.25, 0.3) is 0 Å². The van der Waals surface area contributed by atoms with Crippen molar-refractivity contribution in [2.24, 2.45) is 5.84 Å². The fourth-order valence-corrected chi connectivity index (χ4v) is 2.12. The van der Waals surface area contributed by atoms with E-state index in [-0.39, 0.29) is 0 Å². The second-order valence-corrected chi connectivity index (χ2v) is 4.66. The van der Waals surface area contributed by atoms with E-state index in [0.717, 1.165) is 5.69 Å². The molecular formula is C14H19N5. The normalized spacial score (nSPS) is 10.3. The highest BCUT2D eigenvalue weighted by atomic mass is 15.3. The molecule has 0 unspecified atom stereocenters. The molecule has 0 aliphatic carbocycles. The van der Waals surface area contributed by atoms with E-state index < -0.39 is 0 Å². The maximum atomic E-state index is 5.31. The first kappa shape index (κ1) is 13.3. The molecular weight excluding hydrogens is 238 g/mol. The highest BCUT2D eigenvalue weighted by Crippen LogP contribution is 2.21. The van der Waals surface area contributed by atoms with E-state index in [9.17, 15) is 0 Å². The average Bonchev–Trinajstić information content (AvgIpc) is 2.38. The number of hydrogen-bond donors (Lipinski definition) is 2. The lowest BCUT2D eigenvalue weighted by atomic mass is 10.1. The molecule has 0 saturated heterocycles. The number of nitrogens with one attached hydrogen (secondary N) is 1. The minimum Gasteiger partial charge on any atom is -0.368 e. The van der Waals surface area contributed by atoms with Crippen molar-refractivity contribution in [1.82, 2.24) is 9.97 Å². The molecule has 2 rings (SSSR count). The molecule has 0 radical (unpaired) electrons. The van der Waals surface area contributed by atoms with Crippen LogP contribution in [0.15, 0.2) is 30.5 Å². The van der Waals surface area contributed by atoms with Gasteiger partial charge in [-0.1, -0.05) is 17.7 Å². The number of rotatable bonds is 4. The summed E-state index contributed by atoms with van der Waals surface area (Å²) in [5.74, 6) is 5.75. The lowest BCUT2D eigenvalue weighted by Crippen LogP contribution is -2.19. The van der Waals surface area contributed by atoms with Gasteiger partial charge in [0.25, 0.3) is 0 Å². The van der Waals surface area contributed by atoms with Gasteiger partial charge in [0, 0.05) is 18.9 Å². The van der Waals surface area contributed by atoms with Crippen LogP contribution in [0.2, 0.25) is 0 Å². The molecule has 0 aliphatic heterocycles. The van der Waals surface area contributed by atoms with E-state index >= 15 is 0 Å². The zero-order valence-electron chi connectivity index (χ0n) is 11.5. The number of hydrogen-bond acceptors (Lipinski definition) is 5. The lowest BCUT2D eigenvalue weighted by Gasteiger charge is -2.21. The largest absolute Gasteiger partial charge is 0.368 e. The molecule has 0 amide bonds. The number of aryl methyl sites for hydroxylation is 2. The van der Waals surface area contributed by atoms with Gasteiger partial charge in [-0.3, -0.25) is 5.43 Å². The van der Waals surface area contributed by atoms with Gasteiger partial charge in [0.1, 0.15) is 0 Å². The van der Waals surface area contributed by atoms with Crippen LogP contribution in [-0.2, 0) is 6.54 Å². The first-order valence-electron chi connectivity index (χ1n) is 6.17. The summed E-state index contributed by atoms with van der Waals surface area (Å²) in [5, 5.41) is 0. The maximum absolute atomic E-state index is 5.31. The molecule has 1 aromatic carbocycles. The number of benzene rings is 1. The van der Waals surface area contributed by atoms with Crippen LogP contribution in [0.5, 0.6) is 0 Å². The van der Waals surface area contributed by atoms with Gasteiger partial charge in [-0.05, 0) is 31.5 Å². The second kappa shape index (κ2) is 5.67. The summed E-state index contributed by atoms with van der Waals surface area (Å²) in [5.41, 5.74) is 7.11. The highest BCUT2D eigenvalue weighted by molar-refractivity contribution is 5.53. The Labute approximate surface area is 113 Å². The number of nitrogens with two attached hydrogens (primary N) is 1. The van der Waals surface area contributed by atoms with Gasteiger partial charge in [-0.15, -0.1) is 0 Å². The third-order valence-electron chi connectivity index (χ3n) is 3.01. The molecule has 1 heterocycles. The zero-order chi connectivity index (χ0) is 13.8. The number of anilines is 2. The topological polar surface area (TPSA) is 67.1 Å². The first-order valence-corrected chi connectivity index (χ1v) is 6.17. The van der Waals surface area contributed by atoms with Crippen molar-refractivity contribution in [2.45, 2.75) is 20.4 Å². The summed E-state index contributed by atoms with van der Waals surface area (Å²) in [6.45, 7) is 4.92. The number of hydrazine groups is 1. The van der Waals surface area contributed by atoms with Gasteiger partial charge in [-0.2, -0.15) is 0 Å². The summed E-state index contributed by atoms with van der Waals surface area (Å²) in [6, 6.07) is 8.32. The number of nitrogen functional groups attached to an aromatic ring is 1. The third kappa shape index (κ3) is 3.20. The highest BCUT2D eigenvalue weighted by Gasteiger charge is 2.07. The fourth-order valence-electron chi connectivity index (χ4n) is 2.12. The molecule has 19 heavy (non-hydrogen) atoms. The summed E-state index contributed by atoms with van der Waals surface area (Å²) in [6.07, 6.45) is 1.70. The van der Waals surface area contributed by atoms with E-state index in [4.69, 9.17) is 5.84 Å². The standard InChI is InChI=1S/C14H19N5/c1-10-4-5-13(11(2)8-10)19(3)9-12-6-7-16-14(17-12)18-15/h4-8H,9,15H2,1-3H3,(H,16,17,18). The Bertz CT molecular complexity index is 568. The summed E-state index contributed by atoms with van der Waals surface area (Å²) in [4.78, 5) is 10.5. The SMILES string of the molecule is Cc1ccc(N(C)Cc2ccnc(NN)n2)c(C)c1. The predicted octanol–water partition coefficient (Wildman–Crippen LogP) is 2.02. The molecule has 0 bridgehead atoms. The molecule has 3 N–H and O–H groups in total. The third-order valence-corrected chi connectivity index (χ3v) is 3.01. The Hall–Kier alpha value is -2.14. The quantitative estimate of drug-likeness (QED) is 0.648. The van der Waals surface area contributed by atoms with E-state index in [1.165, 1.54) is 16.8 Å². The lowest BCUT2D eigenvalue weighted by molar-refractivity contribution is 0.871. The average molecular weight is 257 g/mol. The zero-order valence-corrected chi connectivity index (χ0v) is 11.5. The van der Waals surface area contributed by atoms with Crippen LogP contribution in [0.4, 0.5) is 11.6 Å². The Morgan fingerprint density at radius 2 is 2.05 bits per heavy atom. The van der Waals surface area contributed by atoms with Crippen molar-refractivity contribution in [3.63, 3.8) is 0 Å². The van der Waals surface area contributed by atoms with Crippen LogP contribution in [0, 0.1) is 13.8 Å². The molecule has 2 aromatic rings. The van der Waals surface area contributed by atoms with Crippen molar-refractivity contribution < 1.29 is 0 Å². The van der Waals surface area contributed by atoms with Gasteiger partial charge in [-0.25, -0.2) is 15.8 Å². The summed E-state index contributed by atoms with van der Waals surface area (Å²) >= 11 is 0. The van der Waals surface area contributed by atoms with E-state index in [1.807, 2.05) is 6.07 Å². The van der Waals surface area contributed by atoms with E-state index in [0.29, 0.717) is 12.5 Å². The molecule has 0 spiro atoms. The fraction of sp³-hybridized carbons (Fsp3) is 0.286. The van der Waals surface area contributed by atoms with Crippen molar-refractivity contribution >= 4 is 11.6 Å². The molecule has 1 aromatic heterocycles. The first-order chi connectivity index (χ1) is 9.10. The Balaban J connectivity index is 2.17. The van der Waals surface area contributed by atoms with E-state index in [1.54, 1.807) is 6.20 Å². The van der Waals surface area contributed by atoms with Crippen molar-refractivity contribution in [2.75, 3.05) is 17.4 Å². The summed E-state index contributed by atoms with van der Waals surface area (Å²) in [7, 11) is 2.05.